The fourth-order valence-electron chi connectivity index (χ4n) is 2.78. The van der Waals surface area contributed by atoms with Gasteiger partial charge in [-0.05, 0) is 6.42 Å². The quantitative estimate of drug-likeness (QED) is 0.592. The van der Waals surface area contributed by atoms with Gasteiger partial charge in [0, 0.05) is 39.0 Å². The van der Waals surface area contributed by atoms with Crippen LogP contribution in [-0.2, 0) is 9.59 Å². The van der Waals surface area contributed by atoms with Crippen molar-refractivity contribution in [2.24, 2.45) is 0 Å². The Morgan fingerprint density at radius 2 is 1.95 bits per heavy atom. The van der Waals surface area contributed by atoms with Gasteiger partial charge < -0.3 is 25.3 Å². The van der Waals surface area contributed by atoms with Crippen molar-refractivity contribution in [3.05, 3.63) is 0 Å². The molecule has 2 rings (SSSR count). The van der Waals surface area contributed by atoms with Crippen molar-refractivity contribution in [2.75, 3.05) is 19.6 Å². The molecule has 0 saturated carbocycles. The summed E-state index contributed by atoms with van der Waals surface area (Å²) in [6.45, 7) is 2.30. The number of carbonyl (C=O) groups excluding carboxylic acids is 2. The summed E-state index contributed by atoms with van der Waals surface area (Å²) in [6, 6.07) is -1.45. The number of urea groups is 1. The zero-order valence-electron chi connectivity index (χ0n) is 11.3. The first-order chi connectivity index (χ1) is 9.38. The van der Waals surface area contributed by atoms with Crippen LogP contribution in [-0.4, -0.2) is 75.7 Å². The Morgan fingerprint density at radius 3 is 2.55 bits per heavy atom. The highest BCUT2D eigenvalue weighted by Crippen LogP contribution is 2.22. The van der Waals surface area contributed by atoms with Crippen LogP contribution in [0, 0.1) is 0 Å². The number of hydrogen-bond donors (Lipinski definition) is 3. The zero-order valence-corrected chi connectivity index (χ0v) is 11.3. The first kappa shape index (κ1) is 14.6. The van der Waals surface area contributed by atoms with Crippen molar-refractivity contribution in [2.45, 2.75) is 38.0 Å². The SMILES string of the molecule is CC(=O)NC1CCN(C(=O)N2C[C@H](O)C[C@@H]2C(=O)O)C1. The molecule has 0 aromatic rings. The van der Waals surface area contributed by atoms with Crippen LogP contribution < -0.4 is 5.32 Å². The standard InChI is InChI=1S/C12H19N3O5/c1-7(16)13-8-2-3-14(5-8)12(20)15-6-9(17)4-10(15)11(18)19/h8-10,17H,2-6H2,1H3,(H,13,16)(H,18,19)/t8?,9-,10-/m1/s1. The fraction of sp³-hybridized carbons (Fsp3) is 0.750. The lowest BCUT2D eigenvalue weighted by molar-refractivity contribution is -0.141. The number of aliphatic hydroxyl groups is 1. The molecule has 0 spiro atoms. The first-order valence-electron chi connectivity index (χ1n) is 6.62. The molecule has 2 aliphatic rings. The highest BCUT2D eigenvalue weighted by atomic mass is 16.4. The minimum atomic E-state index is -1.10. The number of carbonyl (C=O) groups is 3. The van der Waals surface area contributed by atoms with Gasteiger partial charge in [0.05, 0.1) is 6.10 Å². The number of aliphatic hydroxyl groups excluding tert-OH is 1. The van der Waals surface area contributed by atoms with E-state index in [4.69, 9.17) is 5.11 Å². The van der Waals surface area contributed by atoms with E-state index >= 15 is 0 Å². The maximum absolute atomic E-state index is 12.3. The molecular formula is C12H19N3O5. The molecule has 8 heteroatoms. The lowest BCUT2D eigenvalue weighted by atomic mass is 10.2. The number of nitrogens with one attached hydrogen (secondary N) is 1. The van der Waals surface area contributed by atoms with E-state index in [2.05, 4.69) is 5.32 Å². The fourth-order valence-corrected chi connectivity index (χ4v) is 2.78. The Morgan fingerprint density at radius 1 is 1.25 bits per heavy atom. The normalized spacial score (nSPS) is 29.6. The molecule has 3 amide bonds. The molecule has 2 aliphatic heterocycles. The van der Waals surface area contributed by atoms with Gasteiger partial charge >= 0.3 is 12.0 Å². The van der Waals surface area contributed by atoms with E-state index in [9.17, 15) is 19.5 Å². The Labute approximate surface area is 116 Å². The minimum absolute atomic E-state index is 0.0388. The van der Waals surface area contributed by atoms with Crippen LogP contribution >= 0.6 is 0 Å². The van der Waals surface area contributed by atoms with Crippen LogP contribution in [0.2, 0.25) is 0 Å². The average molecular weight is 285 g/mol. The molecular weight excluding hydrogens is 266 g/mol. The Balaban J connectivity index is 1.97. The van der Waals surface area contributed by atoms with Gasteiger partial charge in [0.25, 0.3) is 0 Å². The van der Waals surface area contributed by atoms with Crippen molar-refractivity contribution in [3.8, 4) is 0 Å². The lowest BCUT2D eigenvalue weighted by Gasteiger charge is -2.27. The Hall–Kier alpha value is -1.83. The number of rotatable bonds is 2. The van der Waals surface area contributed by atoms with Gasteiger partial charge in [-0.25, -0.2) is 9.59 Å². The van der Waals surface area contributed by atoms with Crippen LogP contribution in [0.1, 0.15) is 19.8 Å². The van der Waals surface area contributed by atoms with Gasteiger partial charge in [-0.2, -0.15) is 0 Å². The van der Waals surface area contributed by atoms with E-state index in [1.54, 1.807) is 0 Å². The number of carboxylic acids is 1. The number of aliphatic carboxylic acids is 1. The second-order valence-corrected chi connectivity index (χ2v) is 5.31. The van der Waals surface area contributed by atoms with Crippen LogP contribution in [0.4, 0.5) is 4.79 Å². The summed E-state index contributed by atoms with van der Waals surface area (Å²) in [4.78, 5) is 37.1. The highest BCUT2D eigenvalue weighted by Gasteiger charge is 2.41. The second-order valence-electron chi connectivity index (χ2n) is 5.31. The van der Waals surface area contributed by atoms with Crippen LogP contribution in [0.15, 0.2) is 0 Å². The van der Waals surface area contributed by atoms with Crippen molar-refractivity contribution >= 4 is 17.9 Å². The highest BCUT2D eigenvalue weighted by molar-refractivity contribution is 5.84. The number of nitrogens with zero attached hydrogens (tertiary/aromatic N) is 2. The number of hydrogen-bond acceptors (Lipinski definition) is 4. The van der Waals surface area contributed by atoms with Gasteiger partial charge in [-0.15, -0.1) is 0 Å². The van der Waals surface area contributed by atoms with Crippen molar-refractivity contribution in [1.29, 1.82) is 0 Å². The van der Waals surface area contributed by atoms with Gasteiger partial charge in [0.1, 0.15) is 6.04 Å². The van der Waals surface area contributed by atoms with E-state index in [-0.39, 0.29) is 30.9 Å². The summed E-state index contributed by atoms with van der Waals surface area (Å²) in [5.74, 6) is -1.25. The summed E-state index contributed by atoms with van der Waals surface area (Å²) in [5, 5.41) is 21.4. The molecule has 0 aromatic carbocycles. The summed E-state index contributed by atoms with van der Waals surface area (Å²) >= 11 is 0. The zero-order chi connectivity index (χ0) is 14.9. The molecule has 2 fully saturated rings. The number of β-amino-alcohol motifs (C(OH)–C–C–N with tert-alkyl or cyclic N) is 1. The molecule has 1 unspecified atom stereocenters. The van der Waals surface area contributed by atoms with Crippen molar-refractivity contribution in [1.82, 2.24) is 15.1 Å². The molecule has 0 bridgehead atoms. The summed E-state index contributed by atoms with van der Waals surface area (Å²) in [7, 11) is 0. The molecule has 2 heterocycles. The first-order valence-corrected chi connectivity index (χ1v) is 6.62. The van der Waals surface area contributed by atoms with Crippen LogP contribution in [0.5, 0.6) is 0 Å². The van der Waals surface area contributed by atoms with E-state index in [1.165, 1.54) is 16.7 Å². The number of amides is 3. The van der Waals surface area contributed by atoms with Gasteiger partial charge in [0.2, 0.25) is 5.91 Å². The topological polar surface area (TPSA) is 110 Å². The van der Waals surface area contributed by atoms with E-state index in [1.807, 2.05) is 0 Å². The molecule has 0 radical (unpaired) electrons. The van der Waals surface area contributed by atoms with Gasteiger partial charge in [-0.3, -0.25) is 4.79 Å². The third-order valence-electron chi connectivity index (χ3n) is 3.68. The molecule has 0 aromatic heterocycles. The van der Waals surface area contributed by atoms with Gasteiger partial charge in [-0.1, -0.05) is 0 Å². The van der Waals surface area contributed by atoms with E-state index in [0.717, 1.165) is 0 Å². The lowest BCUT2D eigenvalue weighted by Crippen LogP contribution is -2.48. The monoisotopic (exact) mass is 285 g/mol. The van der Waals surface area contributed by atoms with Crippen LogP contribution in [0.3, 0.4) is 0 Å². The summed E-state index contributed by atoms with van der Waals surface area (Å²) < 4.78 is 0. The minimum Gasteiger partial charge on any atom is -0.480 e. The maximum Gasteiger partial charge on any atom is 0.326 e. The van der Waals surface area contributed by atoms with Crippen molar-refractivity contribution < 1.29 is 24.6 Å². The number of likely N-dealkylation sites (tertiary alicyclic amines) is 2. The van der Waals surface area contributed by atoms with E-state index in [0.29, 0.717) is 19.5 Å². The molecule has 3 atom stereocenters. The smallest absolute Gasteiger partial charge is 0.326 e. The number of carboxylic acid groups (broad SMARTS) is 1. The molecule has 0 aliphatic carbocycles. The Kier molecular flexibility index (Phi) is 4.12. The third-order valence-corrected chi connectivity index (χ3v) is 3.68. The summed E-state index contributed by atoms with van der Waals surface area (Å²) in [6.07, 6.45) is -0.0856. The molecule has 8 nitrogen and oxygen atoms in total. The van der Waals surface area contributed by atoms with E-state index < -0.39 is 18.1 Å². The van der Waals surface area contributed by atoms with Crippen molar-refractivity contribution in [3.63, 3.8) is 0 Å². The molecule has 112 valence electrons. The predicted molar refractivity (Wildman–Crippen MR) is 67.9 cm³/mol. The molecule has 20 heavy (non-hydrogen) atoms. The summed E-state index contributed by atoms with van der Waals surface area (Å²) in [5.41, 5.74) is 0. The average Bonchev–Trinajstić information content (AvgIpc) is 2.94. The maximum atomic E-state index is 12.3. The third kappa shape index (κ3) is 3.01. The second kappa shape index (κ2) is 5.66. The largest absolute Gasteiger partial charge is 0.480 e. The van der Waals surface area contributed by atoms with Crippen LogP contribution in [0.25, 0.3) is 0 Å². The van der Waals surface area contributed by atoms with Gasteiger partial charge in [0.15, 0.2) is 0 Å². The molecule has 2 saturated heterocycles. The molecule has 3 N–H and O–H groups in total. The predicted octanol–water partition coefficient (Wildman–Crippen LogP) is -1.16. The Bertz CT molecular complexity index is 427.